The number of aromatic nitrogens is 6. The highest BCUT2D eigenvalue weighted by Crippen LogP contribution is 2.40. The second-order valence-corrected chi connectivity index (χ2v) is 24.5. The summed E-state index contributed by atoms with van der Waals surface area (Å²) in [6.07, 6.45) is 3.57. The molecule has 7 unspecified atom stereocenters. The van der Waals surface area contributed by atoms with E-state index in [-0.39, 0.29) is 99.7 Å². The van der Waals surface area contributed by atoms with Crippen LogP contribution >= 0.6 is 58.8 Å². The Balaban J connectivity index is 1.13. The number of benzene rings is 2. The van der Waals surface area contributed by atoms with Crippen molar-refractivity contribution in [3.8, 4) is 11.4 Å². The lowest BCUT2D eigenvalue weighted by molar-refractivity contribution is -0.432. The van der Waals surface area contributed by atoms with E-state index in [1.165, 1.54) is 30.3 Å². The molecule has 83 heavy (non-hydrogen) atoms. The highest BCUT2D eigenvalue weighted by atomic mass is 35.5. The van der Waals surface area contributed by atoms with E-state index >= 15 is 0 Å². The van der Waals surface area contributed by atoms with Crippen LogP contribution in [0, 0.1) is 11.4 Å². The standard InChI is InChI=1S/C42H42Cl2N16O17S6/c1-2-11-46-32-17-29(30(18-34(32)81(64,65)66)59-60-31-16-23(5-10-33(31)80-76-75-63)49-40-53-38(44)54-42(56-40)79-19-35(61)62)50-41-52-37(43)51-39(55-41)48-22-4-9-26(28(15-22)47-20-73-45)57-58-27-8-3-21-14-24(78-13-12-74-77-83(70,71)72)6-7-25(21)36(27)82(67,68)69/h4,6-7,9,14-15,20,23,29-34,63H,1,3,5,8,10,16-19,45H2,(H,61,62)(H,64,65,66)(H,67,68,69)(H,70,71,72)(H,49,53,54,56)(H2,48,50,51,52,55)/b47-20-,58-57?,60-59?. The Morgan fingerprint density at radius 1 is 0.867 bits per heavy atom. The maximum absolute atomic E-state index is 12.9. The third-order valence-corrected chi connectivity index (χ3v) is 16.9. The average Bonchev–Trinajstić information content (AvgIpc) is 2.83. The van der Waals surface area contributed by atoms with Crippen molar-refractivity contribution < 1.29 is 77.5 Å². The summed E-state index contributed by atoms with van der Waals surface area (Å²) in [6, 6.07) is 4.61. The predicted molar refractivity (Wildman–Crippen MR) is 298 cm³/mol. The lowest BCUT2D eigenvalue weighted by Crippen LogP contribution is -2.50. The third-order valence-electron chi connectivity index (χ3n) is 11.6. The summed E-state index contributed by atoms with van der Waals surface area (Å²) in [5.41, 5.74) is 3.20. The number of fused-ring (bicyclic) bond motifs is 1. The summed E-state index contributed by atoms with van der Waals surface area (Å²) in [6.45, 7) is 3.44. The van der Waals surface area contributed by atoms with Gasteiger partial charge in [-0.3, -0.25) is 23.3 Å². The van der Waals surface area contributed by atoms with Gasteiger partial charge < -0.3 is 25.9 Å². The number of aliphatic imine (C=N–C) groups is 2. The molecule has 4 aromatic rings. The molecule has 0 spiro atoms. The SMILES string of the molecule is C=C=C=NC1CC(Nc2nc(Cl)nc(Nc3ccc(N=NC4=C(S(=O)(=O)O)c5ccc(SC#COOS(=O)(=O)O)cc5CC4)c(/N=C\ON)c3)n2)C(N=NC2CC(Nc3nc(Cl)nc(SCC(=O)O)n3)CCC2SOOO)CC1S(=O)(=O)O. The van der Waals surface area contributed by atoms with Gasteiger partial charge in [0.25, 0.3) is 20.2 Å². The molecule has 2 heterocycles. The molecule has 3 aliphatic rings. The summed E-state index contributed by atoms with van der Waals surface area (Å²) in [5, 5.41) is 48.8. The van der Waals surface area contributed by atoms with Gasteiger partial charge in [-0.25, -0.2) is 15.2 Å². The molecule has 7 rings (SSSR count). The number of carboxylic acid groups (broad SMARTS) is 1. The highest BCUT2D eigenvalue weighted by Gasteiger charge is 2.44. The van der Waals surface area contributed by atoms with Gasteiger partial charge in [-0.15, -0.1) is 9.45 Å². The normalized spacial score (nSPS) is 21.1. The van der Waals surface area contributed by atoms with Crippen LogP contribution in [-0.4, -0.2) is 144 Å². The topological polar surface area (TPSA) is 480 Å². The molecule has 0 radical (unpaired) electrons. The minimum Gasteiger partial charge on any atom is -0.481 e. The molecule has 7 atom stereocenters. The first kappa shape index (κ1) is 64.1. The molecule has 2 aromatic heterocycles. The molecule has 41 heteroatoms. The molecule has 2 fully saturated rings. The van der Waals surface area contributed by atoms with Crippen molar-refractivity contribution in [2.75, 3.05) is 21.7 Å². The number of carbonyl (C=O) groups is 1. The number of nitrogens with two attached hydrogens (primary N) is 1. The fourth-order valence-electron chi connectivity index (χ4n) is 8.37. The van der Waals surface area contributed by atoms with E-state index in [2.05, 4.69) is 119 Å². The number of thioether (sulfide) groups is 2. The van der Waals surface area contributed by atoms with Crippen LogP contribution in [0.25, 0.3) is 4.91 Å². The second-order valence-electron chi connectivity index (χ2n) is 17.1. The van der Waals surface area contributed by atoms with Gasteiger partial charge in [0.05, 0.1) is 46.6 Å². The Morgan fingerprint density at radius 2 is 1.61 bits per heavy atom. The van der Waals surface area contributed by atoms with Gasteiger partial charge in [-0.1, -0.05) is 28.6 Å². The molecule has 3 aliphatic carbocycles. The average molecular weight is 1310 g/mol. The van der Waals surface area contributed by atoms with Crippen LogP contribution in [0.3, 0.4) is 0 Å². The van der Waals surface area contributed by atoms with E-state index < -0.39 is 82.2 Å². The van der Waals surface area contributed by atoms with E-state index in [1.54, 1.807) is 6.07 Å². The number of azo groups is 2. The number of allylic oxidation sites excluding steroid dienone is 1. The molecule has 0 bridgehead atoms. The van der Waals surface area contributed by atoms with Gasteiger partial charge in [0.1, 0.15) is 15.8 Å². The number of hydrogen-bond acceptors (Lipinski definition) is 32. The number of halogens is 2. The van der Waals surface area contributed by atoms with Crippen molar-refractivity contribution in [1.82, 2.24) is 29.9 Å². The Hall–Kier alpha value is -6.51. The van der Waals surface area contributed by atoms with E-state index in [1.807, 2.05) is 6.11 Å². The molecule has 10 N–H and O–H groups in total. The number of nitrogens with one attached hydrogen (secondary N) is 3. The number of nitrogens with zero attached hydrogens (tertiary/aromatic N) is 12. The third kappa shape index (κ3) is 19.3. The molecule has 442 valence electrons. The quantitative estimate of drug-likeness (QED) is 0.00351. The zero-order chi connectivity index (χ0) is 59.9. The molecule has 2 aromatic carbocycles. The van der Waals surface area contributed by atoms with Crippen molar-refractivity contribution >= 4 is 147 Å². The van der Waals surface area contributed by atoms with Crippen LogP contribution in [0.2, 0.25) is 10.6 Å². The van der Waals surface area contributed by atoms with Crippen LogP contribution in [0.4, 0.5) is 34.9 Å². The van der Waals surface area contributed by atoms with Gasteiger partial charge in [0.15, 0.2) is 11.3 Å². The smallest absolute Gasteiger partial charge is 0.433 e. The lowest BCUT2D eigenvalue weighted by Gasteiger charge is -2.37. The zero-order valence-corrected chi connectivity index (χ0v) is 48.1. The summed E-state index contributed by atoms with van der Waals surface area (Å²) in [4.78, 5) is 53.3. The molecule has 0 amide bonds. The largest absolute Gasteiger partial charge is 0.481 e. The van der Waals surface area contributed by atoms with Gasteiger partial charge in [0, 0.05) is 45.4 Å². The maximum Gasteiger partial charge on any atom is 0.433 e. The van der Waals surface area contributed by atoms with Gasteiger partial charge in [-0.05, 0) is 127 Å². The van der Waals surface area contributed by atoms with E-state index in [9.17, 15) is 39.2 Å². The first-order chi connectivity index (χ1) is 39.5. The van der Waals surface area contributed by atoms with Crippen LogP contribution in [0.15, 0.2) is 94.9 Å². The molecule has 0 saturated heterocycles. The Morgan fingerprint density at radius 3 is 2.33 bits per heavy atom. The fraction of sp³-hybridized carbons (Fsp3) is 0.357. The summed E-state index contributed by atoms with van der Waals surface area (Å²) in [7, 11) is -14.6. The lowest BCUT2D eigenvalue weighted by atomic mass is 9.87. The number of aryl methyl sites for hydroxylation is 1. The number of hydrogen-bond donors (Lipinski definition) is 9. The Labute approximate surface area is 493 Å². The monoisotopic (exact) mass is 1300 g/mol. The molecule has 2 saturated carbocycles. The van der Waals surface area contributed by atoms with E-state index in [4.69, 9.17) is 48.3 Å². The first-order valence-corrected chi connectivity index (χ1v) is 30.9. The predicted octanol–water partition coefficient (Wildman–Crippen LogP) is 6.38. The van der Waals surface area contributed by atoms with Crippen molar-refractivity contribution in [2.24, 2.45) is 36.3 Å². The van der Waals surface area contributed by atoms with Crippen molar-refractivity contribution in [3.05, 3.63) is 76.1 Å². The van der Waals surface area contributed by atoms with Crippen LogP contribution in [-0.2, 0) is 65.3 Å². The Bertz CT molecular complexity index is 3700. The van der Waals surface area contributed by atoms with E-state index in [0.717, 1.165) is 42.0 Å². The van der Waals surface area contributed by atoms with E-state index in [0.29, 0.717) is 23.3 Å². The number of anilines is 4. The minimum atomic E-state index is -4.90. The minimum absolute atomic E-state index is 0.0151. The van der Waals surface area contributed by atoms with Crippen LogP contribution < -0.4 is 21.8 Å². The van der Waals surface area contributed by atoms with Crippen LogP contribution in [0.5, 0.6) is 0 Å². The number of aliphatic carboxylic acids is 1. The molecule has 0 aliphatic heterocycles. The summed E-state index contributed by atoms with van der Waals surface area (Å²) in [5.74, 6) is 5.98. The molecular formula is C42H42Cl2N16O17S6. The summed E-state index contributed by atoms with van der Waals surface area (Å²) < 4.78 is 110. The fourth-order valence-corrected chi connectivity index (χ4v) is 12.5. The Kier molecular flexibility index (Phi) is 22.6. The number of rotatable bonds is 24. The van der Waals surface area contributed by atoms with Crippen molar-refractivity contribution in [3.63, 3.8) is 0 Å². The second kappa shape index (κ2) is 29.3. The zero-order valence-electron chi connectivity index (χ0n) is 41.7. The van der Waals surface area contributed by atoms with Gasteiger partial charge >= 0.3 is 16.4 Å². The van der Waals surface area contributed by atoms with Crippen molar-refractivity contribution in [1.29, 1.82) is 0 Å². The molecular weight excluding hydrogens is 1260 g/mol. The maximum atomic E-state index is 12.9. The highest BCUT2D eigenvalue weighted by molar-refractivity contribution is 8.04. The van der Waals surface area contributed by atoms with Crippen LogP contribution in [0.1, 0.15) is 49.7 Å². The van der Waals surface area contributed by atoms with Gasteiger partial charge in [0.2, 0.25) is 34.8 Å². The summed E-state index contributed by atoms with van der Waals surface area (Å²) >= 11 is 15.0. The van der Waals surface area contributed by atoms with Gasteiger partial charge in [-0.2, -0.15) is 76.4 Å². The van der Waals surface area contributed by atoms with Crippen molar-refractivity contribution in [2.45, 2.75) is 95.7 Å². The first-order valence-electron chi connectivity index (χ1n) is 23.2. The molecule has 33 nitrogen and oxygen atoms in total. The number of carboxylic acids is 1.